The van der Waals surface area contributed by atoms with E-state index >= 15 is 0 Å². The van der Waals surface area contributed by atoms with Crippen LogP contribution in [0.3, 0.4) is 0 Å². The van der Waals surface area contributed by atoms with Crippen LogP contribution < -0.4 is 10.1 Å². The second-order valence-corrected chi connectivity index (χ2v) is 7.47. The van der Waals surface area contributed by atoms with Gasteiger partial charge in [-0.3, -0.25) is 14.4 Å². The summed E-state index contributed by atoms with van der Waals surface area (Å²) in [5.41, 5.74) is 0.641. The van der Waals surface area contributed by atoms with Gasteiger partial charge in [0.1, 0.15) is 5.75 Å². The van der Waals surface area contributed by atoms with Crippen LogP contribution in [0.2, 0.25) is 0 Å². The number of unbranched alkanes of at least 4 members (excludes halogenated alkanes) is 8. The molecular weight excluding hydrogens is 386 g/mol. The third-order valence-corrected chi connectivity index (χ3v) is 4.75. The summed E-state index contributed by atoms with van der Waals surface area (Å²) in [5.74, 6) is -0.966. The highest BCUT2D eigenvalue weighted by Gasteiger charge is 2.08. The molecule has 1 aromatic rings. The first-order chi connectivity index (χ1) is 14.5. The lowest BCUT2D eigenvalue weighted by molar-refractivity contribution is -0.138. The van der Waals surface area contributed by atoms with E-state index in [1.54, 1.807) is 12.1 Å². The molecule has 0 aliphatic heterocycles. The Kier molecular flexibility index (Phi) is 13.8. The maximum absolute atomic E-state index is 12.2. The first-order valence-corrected chi connectivity index (χ1v) is 10.9. The number of carbonyl (C=O) groups is 3. The van der Waals surface area contributed by atoms with Gasteiger partial charge in [-0.2, -0.15) is 0 Å². The minimum atomic E-state index is -0.807. The zero-order valence-corrected chi connectivity index (χ0v) is 17.7. The Morgan fingerprint density at radius 2 is 1.20 bits per heavy atom. The highest BCUT2D eigenvalue weighted by molar-refractivity contribution is 5.92. The number of anilines is 1. The van der Waals surface area contributed by atoms with Crippen molar-refractivity contribution in [2.24, 2.45) is 0 Å². The number of amides is 1. The molecule has 0 unspecified atom stereocenters. The molecule has 0 aliphatic rings. The summed E-state index contributed by atoms with van der Waals surface area (Å²) in [7, 11) is 0. The van der Waals surface area contributed by atoms with Crippen LogP contribution in [0.25, 0.3) is 0 Å². The fraction of sp³-hybridized carbons (Fsp3) is 0.609. The van der Waals surface area contributed by atoms with Gasteiger partial charge in [0.2, 0.25) is 5.91 Å². The van der Waals surface area contributed by atoms with E-state index < -0.39 is 11.9 Å². The topological polar surface area (TPSA) is 113 Å². The molecule has 0 saturated carbocycles. The van der Waals surface area contributed by atoms with E-state index in [4.69, 9.17) is 14.9 Å². The summed E-state index contributed by atoms with van der Waals surface area (Å²) in [6, 6.07) is 7.27. The van der Waals surface area contributed by atoms with Crippen LogP contribution in [0.1, 0.15) is 83.5 Å². The van der Waals surface area contributed by atoms with Crippen molar-refractivity contribution in [2.75, 3.05) is 11.9 Å². The second-order valence-electron chi connectivity index (χ2n) is 7.47. The lowest BCUT2D eigenvalue weighted by Crippen LogP contribution is -2.12. The normalized spacial score (nSPS) is 10.5. The standard InChI is InChI=1S/C23H35NO6/c25-21(15-7-5-3-1-2-4-6-8-16-22(26)27)24-19-13-9-10-14-20(19)30-18-12-11-17-23(28)29/h9-10,13-14H,1-8,11-12,15-18H2,(H,24,25)(H,26,27)(H,28,29). The molecule has 1 amide bonds. The number of carboxylic acids is 2. The Morgan fingerprint density at radius 3 is 1.80 bits per heavy atom. The summed E-state index contributed by atoms with van der Waals surface area (Å²) in [6.45, 7) is 0.413. The van der Waals surface area contributed by atoms with Gasteiger partial charge in [-0.25, -0.2) is 0 Å². The van der Waals surface area contributed by atoms with Crippen molar-refractivity contribution in [2.45, 2.75) is 83.5 Å². The zero-order valence-electron chi connectivity index (χ0n) is 17.7. The van der Waals surface area contributed by atoms with E-state index in [0.29, 0.717) is 37.3 Å². The van der Waals surface area contributed by atoms with Crippen molar-refractivity contribution in [3.63, 3.8) is 0 Å². The minimum absolute atomic E-state index is 0.0365. The largest absolute Gasteiger partial charge is 0.491 e. The van der Waals surface area contributed by atoms with Crippen LogP contribution in [0.15, 0.2) is 24.3 Å². The van der Waals surface area contributed by atoms with Gasteiger partial charge >= 0.3 is 11.9 Å². The highest BCUT2D eigenvalue weighted by Crippen LogP contribution is 2.24. The molecule has 0 atom stereocenters. The van der Waals surface area contributed by atoms with Crippen LogP contribution in [0.4, 0.5) is 5.69 Å². The van der Waals surface area contributed by atoms with Gasteiger partial charge in [0, 0.05) is 19.3 Å². The fourth-order valence-corrected chi connectivity index (χ4v) is 3.09. The van der Waals surface area contributed by atoms with Crippen molar-refractivity contribution < 1.29 is 29.3 Å². The average molecular weight is 422 g/mol. The molecule has 0 saturated heterocycles. The first-order valence-electron chi connectivity index (χ1n) is 10.9. The summed E-state index contributed by atoms with van der Waals surface area (Å²) < 4.78 is 5.69. The van der Waals surface area contributed by atoms with E-state index in [1.807, 2.05) is 12.1 Å². The quantitative estimate of drug-likeness (QED) is 0.279. The Morgan fingerprint density at radius 1 is 0.700 bits per heavy atom. The van der Waals surface area contributed by atoms with Gasteiger partial charge in [-0.1, -0.05) is 50.7 Å². The monoisotopic (exact) mass is 421 g/mol. The van der Waals surface area contributed by atoms with Gasteiger partial charge in [0.05, 0.1) is 12.3 Å². The number of carbonyl (C=O) groups excluding carboxylic acids is 1. The third-order valence-electron chi connectivity index (χ3n) is 4.75. The number of carboxylic acid groups (broad SMARTS) is 2. The number of ether oxygens (including phenoxy) is 1. The van der Waals surface area contributed by atoms with E-state index in [2.05, 4.69) is 5.32 Å². The Hall–Kier alpha value is -2.57. The van der Waals surface area contributed by atoms with Crippen molar-refractivity contribution in [1.82, 2.24) is 0 Å². The molecule has 7 nitrogen and oxygen atoms in total. The number of para-hydroxylation sites is 2. The van der Waals surface area contributed by atoms with Crippen molar-refractivity contribution >= 4 is 23.5 Å². The summed E-state index contributed by atoms with van der Waals surface area (Å²) in [4.78, 5) is 33.1. The molecule has 3 N–H and O–H groups in total. The van der Waals surface area contributed by atoms with Crippen LogP contribution in [0.5, 0.6) is 5.75 Å². The molecule has 7 heteroatoms. The highest BCUT2D eigenvalue weighted by atomic mass is 16.5. The number of hydrogen-bond donors (Lipinski definition) is 3. The molecule has 0 fully saturated rings. The Labute approximate surface area is 178 Å². The van der Waals surface area contributed by atoms with Crippen LogP contribution in [0, 0.1) is 0 Å². The van der Waals surface area contributed by atoms with Crippen LogP contribution in [-0.4, -0.2) is 34.7 Å². The molecular formula is C23H35NO6. The minimum Gasteiger partial charge on any atom is -0.491 e. The maximum Gasteiger partial charge on any atom is 0.303 e. The molecule has 168 valence electrons. The molecule has 0 spiro atoms. The molecule has 1 aromatic carbocycles. The fourth-order valence-electron chi connectivity index (χ4n) is 3.09. The third kappa shape index (κ3) is 13.6. The van der Waals surface area contributed by atoms with Gasteiger partial charge in [0.15, 0.2) is 0 Å². The van der Waals surface area contributed by atoms with Crippen LogP contribution >= 0.6 is 0 Å². The van der Waals surface area contributed by atoms with Crippen LogP contribution in [-0.2, 0) is 14.4 Å². The van der Waals surface area contributed by atoms with Gasteiger partial charge in [-0.15, -0.1) is 0 Å². The first kappa shape index (κ1) is 25.5. The summed E-state index contributed by atoms with van der Waals surface area (Å²) in [6.07, 6.45) is 10.0. The number of hydrogen-bond acceptors (Lipinski definition) is 4. The number of nitrogens with one attached hydrogen (secondary N) is 1. The Balaban J connectivity index is 2.13. The van der Waals surface area contributed by atoms with E-state index in [-0.39, 0.29) is 18.7 Å². The van der Waals surface area contributed by atoms with E-state index in [0.717, 1.165) is 51.4 Å². The van der Waals surface area contributed by atoms with Gasteiger partial charge < -0.3 is 20.3 Å². The van der Waals surface area contributed by atoms with Gasteiger partial charge in [-0.05, 0) is 37.8 Å². The molecule has 1 rings (SSSR count). The average Bonchev–Trinajstić information content (AvgIpc) is 2.70. The second kappa shape index (κ2) is 16.3. The van der Waals surface area contributed by atoms with Crippen molar-refractivity contribution in [1.29, 1.82) is 0 Å². The molecule has 0 aliphatic carbocycles. The lowest BCUT2D eigenvalue weighted by atomic mass is 10.1. The number of aliphatic carboxylic acids is 2. The smallest absolute Gasteiger partial charge is 0.303 e. The summed E-state index contributed by atoms with van der Waals surface area (Å²) >= 11 is 0. The van der Waals surface area contributed by atoms with Crippen molar-refractivity contribution in [3.05, 3.63) is 24.3 Å². The lowest BCUT2D eigenvalue weighted by Gasteiger charge is -2.12. The zero-order chi connectivity index (χ0) is 22.0. The Bertz CT molecular complexity index is 646. The summed E-state index contributed by atoms with van der Waals surface area (Å²) in [5, 5.41) is 20.1. The number of benzene rings is 1. The molecule has 0 heterocycles. The van der Waals surface area contributed by atoms with E-state index in [9.17, 15) is 14.4 Å². The molecule has 0 radical (unpaired) electrons. The number of rotatable bonds is 18. The predicted molar refractivity (Wildman–Crippen MR) is 116 cm³/mol. The molecule has 0 aromatic heterocycles. The van der Waals surface area contributed by atoms with Gasteiger partial charge in [0.25, 0.3) is 0 Å². The molecule has 30 heavy (non-hydrogen) atoms. The SMILES string of the molecule is O=C(O)CCCCCCCCCCC(=O)Nc1ccccc1OCCCCC(=O)O. The maximum atomic E-state index is 12.2. The van der Waals surface area contributed by atoms with E-state index in [1.165, 1.54) is 0 Å². The van der Waals surface area contributed by atoms with Crippen molar-refractivity contribution in [3.8, 4) is 5.75 Å². The predicted octanol–water partition coefficient (Wildman–Crippen LogP) is 5.24. The molecule has 0 bridgehead atoms.